The molecular formula is C18H32O2. The molecule has 2 nitrogen and oxygen atoms in total. The van der Waals surface area contributed by atoms with E-state index in [2.05, 4.69) is 41.5 Å². The van der Waals surface area contributed by atoms with Crippen LogP contribution < -0.4 is 4.74 Å². The van der Waals surface area contributed by atoms with Crippen molar-refractivity contribution in [1.29, 1.82) is 0 Å². The van der Waals surface area contributed by atoms with Crippen molar-refractivity contribution in [3.05, 3.63) is 23.3 Å². The molecule has 2 heteroatoms. The highest BCUT2D eigenvalue weighted by molar-refractivity contribution is 5.51. The molecule has 0 unspecified atom stereocenters. The second-order valence-electron chi connectivity index (χ2n) is 6.80. The number of phenols is 1. The van der Waals surface area contributed by atoms with E-state index in [-0.39, 0.29) is 10.8 Å². The average molecular weight is 280 g/mol. The molecule has 0 aromatic heterocycles. The number of phenolic OH excluding ortho intramolecular Hbond substituents is 1. The van der Waals surface area contributed by atoms with Gasteiger partial charge in [0.2, 0.25) is 0 Å². The van der Waals surface area contributed by atoms with Gasteiger partial charge < -0.3 is 9.84 Å². The lowest BCUT2D eigenvalue weighted by Gasteiger charge is -2.28. The highest BCUT2D eigenvalue weighted by atomic mass is 16.5. The van der Waals surface area contributed by atoms with E-state index in [0.717, 1.165) is 16.9 Å². The van der Waals surface area contributed by atoms with Gasteiger partial charge in [-0.25, -0.2) is 0 Å². The van der Waals surface area contributed by atoms with Crippen molar-refractivity contribution in [3.8, 4) is 11.5 Å². The molecule has 0 aliphatic rings. The summed E-state index contributed by atoms with van der Waals surface area (Å²) in [6, 6.07) is 3.90. The van der Waals surface area contributed by atoms with Crippen molar-refractivity contribution < 1.29 is 9.84 Å². The van der Waals surface area contributed by atoms with Crippen LogP contribution in [-0.4, -0.2) is 11.7 Å². The van der Waals surface area contributed by atoms with Gasteiger partial charge in [0, 0.05) is 11.1 Å². The van der Waals surface area contributed by atoms with Gasteiger partial charge in [0.25, 0.3) is 0 Å². The molecule has 0 aliphatic carbocycles. The first-order valence-corrected chi connectivity index (χ1v) is 7.58. The van der Waals surface area contributed by atoms with E-state index in [4.69, 9.17) is 4.74 Å². The van der Waals surface area contributed by atoms with Crippen LogP contribution in [0.5, 0.6) is 11.5 Å². The summed E-state index contributed by atoms with van der Waals surface area (Å²) in [5, 5.41) is 10.5. The van der Waals surface area contributed by atoms with Crippen LogP contribution in [-0.2, 0) is 10.8 Å². The summed E-state index contributed by atoms with van der Waals surface area (Å²) in [6.45, 7) is 19.2. The Morgan fingerprint density at radius 3 is 1.50 bits per heavy atom. The van der Waals surface area contributed by atoms with Crippen molar-refractivity contribution in [2.75, 3.05) is 6.61 Å². The van der Waals surface area contributed by atoms with Crippen molar-refractivity contribution in [2.24, 2.45) is 0 Å². The first kappa shape index (κ1) is 18.8. The third-order valence-corrected chi connectivity index (χ3v) is 3.01. The van der Waals surface area contributed by atoms with E-state index >= 15 is 0 Å². The molecule has 0 fully saturated rings. The van der Waals surface area contributed by atoms with Crippen LogP contribution in [0, 0.1) is 0 Å². The predicted octanol–water partition coefficient (Wildman–Crippen LogP) is 5.41. The Morgan fingerprint density at radius 2 is 1.25 bits per heavy atom. The molecule has 1 N–H and O–H groups in total. The fourth-order valence-corrected chi connectivity index (χ4v) is 2.00. The fraction of sp³-hybridized carbons (Fsp3) is 0.667. The molecule has 1 aromatic carbocycles. The Bertz CT molecular complexity index is 385. The minimum atomic E-state index is -0.100. The molecule has 116 valence electrons. The number of benzene rings is 1. The smallest absolute Gasteiger partial charge is 0.123 e. The third kappa shape index (κ3) is 4.73. The molecule has 0 amide bonds. The Kier molecular flexibility index (Phi) is 6.60. The monoisotopic (exact) mass is 280 g/mol. The second kappa shape index (κ2) is 7.01. The zero-order valence-corrected chi connectivity index (χ0v) is 14.7. The van der Waals surface area contributed by atoms with Gasteiger partial charge in [0.15, 0.2) is 0 Å². The van der Waals surface area contributed by atoms with Gasteiger partial charge in [0.05, 0.1) is 6.61 Å². The van der Waals surface area contributed by atoms with Crippen molar-refractivity contribution in [1.82, 2.24) is 0 Å². The molecule has 1 rings (SSSR count). The first-order chi connectivity index (χ1) is 9.07. The highest BCUT2D eigenvalue weighted by Gasteiger charge is 2.26. The quantitative estimate of drug-likeness (QED) is 0.784. The number of rotatable bonds is 2. The van der Waals surface area contributed by atoms with Crippen molar-refractivity contribution in [2.45, 2.75) is 73.1 Å². The summed E-state index contributed by atoms with van der Waals surface area (Å²) in [4.78, 5) is 0. The first-order valence-electron chi connectivity index (χ1n) is 7.58. The normalized spacial score (nSPS) is 11.7. The van der Waals surface area contributed by atoms with Gasteiger partial charge in [-0.1, -0.05) is 55.4 Å². The predicted molar refractivity (Wildman–Crippen MR) is 88.0 cm³/mol. The number of hydrogen-bond donors (Lipinski definition) is 1. The van der Waals surface area contributed by atoms with E-state index in [1.165, 1.54) is 0 Å². The van der Waals surface area contributed by atoms with Crippen LogP contribution in [0.3, 0.4) is 0 Å². The molecule has 0 radical (unpaired) electrons. The molecule has 0 heterocycles. The van der Waals surface area contributed by atoms with Crippen LogP contribution >= 0.6 is 0 Å². The summed E-state index contributed by atoms with van der Waals surface area (Å²) in [7, 11) is 0. The minimum Gasteiger partial charge on any atom is -0.507 e. The van der Waals surface area contributed by atoms with Gasteiger partial charge in [0.1, 0.15) is 11.5 Å². The largest absolute Gasteiger partial charge is 0.507 e. The van der Waals surface area contributed by atoms with Crippen LogP contribution in [0.1, 0.15) is 73.4 Å². The SMILES string of the molecule is CC.CCOc1cc(C(C)(C)C)c(O)c(C(C)(C)C)c1. The highest BCUT2D eigenvalue weighted by Crippen LogP contribution is 2.41. The maximum Gasteiger partial charge on any atom is 0.123 e. The Balaban J connectivity index is 0.00000172. The maximum absolute atomic E-state index is 10.5. The molecule has 0 bridgehead atoms. The second-order valence-corrected chi connectivity index (χ2v) is 6.80. The zero-order chi connectivity index (χ0) is 16.1. The van der Waals surface area contributed by atoms with E-state index in [1.807, 2.05) is 32.9 Å². The van der Waals surface area contributed by atoms with Gasteiger partial charge in [-0.2, -0.15) is 0 Å². The average Bonchev–Trinajstić information content (AvgIpc) is 2.31. The summed E-state index contributed by atoms with van der Waals surface area (Å²) < 4.78 is 5.62. The lowest BCUT2D eigenvalue weighted by Crippen LogP contribution is -2.17. The number of hydrogen-bond acceptors (Lipinski definition) is 2. The number of ether oxygens (including phenoxy) is 1. The zero-order valence-electron chi connectivity index (χ0n) is 14.7. The standard InChI is InChI=1S/C16H26O2.C2H6/c1-8-18-11-9-12(15(2,3)4)14(17)13(10-11)16(5,6)7;1-2/h9-10,17H,8H2,1-7H3;1-2H3. The summed E-state index contributed by atoms with van der Waals surface area (Å²) in [5.41, 5.74) is 1.69. The lowest BCUT2D eigenvalue weighted by atomic mass is 9.79. The molecular weight excluding hydrogens is 248 g/mol. The van der Waals surface area contributed by atoms with Crippen molar-refractivity contribution in [3.63, 3.8) is 0 Å². The third-order valence-electron chi connectivity index (χ3n) is 3.01. The molecule has 0 atom stereocenters. The lowest BCUT2D eigenvalue weighted by molar-refractivity contribution is 0.335. The van der Waals surface area contributed by atoms with E-state index in [1.54, 1.807) is 0 Å². The molecule has 0 saturated carbocycles. The Labute approximate surface area is 125 Å². The van der Waals surface area contributed by atoms with Gasteiger partial charge in [-0.3, -0.25) is 0 Å². The molecule has 1 aromatic rings. The van der Waals surface area contributed by atoms with E-state index in [0.29, 0.717) is 12.4 Å². The van der Waals surface area contributed by atoms with Crippen LogP contribution in [0.15, 0.2) is 12.1 Å². The van der Waals surface area contributed by atoms with Gasteiger partial charge in [-0.15, -0.1) is 0 Å². The Hall–Kier alpha value is -1.18. The van der Waals surface area contributed by atoms with Gasteiger partial charge >= 0.3 is 0 Å². The number of aromatic hydroxyl groups is 1. The minimum absolute atomic E-state index is 0.100. The topological polar surface area (TPSA) is 29.5 Å². The van der Waals surface area contributed by atoms with Crippen molar-refractivity contribution >= 4 is 0 Å². The molecule has 0 spiro atoms. The van der Waals surface area contributed by atoms with Crippen LogP contribution in [0.4, 0.5) is 0 Å². The summed E-state index contributed by atoms with van der Waals surface area (Å²) in [5.74, 6) is 1.24. The van der Waals surface area contributed by atoms with Gasteiger partial charge in [-0.05, 0) is 29.9 Å². The van der Waals surface area contributed by atoms with E-state index < -0.39 is 0 Å². The maximum atomic E-state index is 10.5. The molecule has 0 aliphatic heterocycles. The van der Waals surface area contributed by atoms with E-state index in [9.17, 15) is 5.11 Å². The molecule has 0 saturated heterocycles. The van der Waals surface area contributed by atoms with Crippen LogP contribution in [0.2, 0.25) is 0 Å². The molecule has 20 heavy (non-hydrogen) atoms. The van der Waals surface area contributed by atoms with Crippen LogP contribution in [0.25, 0.3) is 0 Å². The Morgan fingerprint density at radius 1 is 0.900 bits per heavy atom. The fourth-order valence-electron chi connectivity index (χ4n) is 2.00. The summed E-state index contributed by atoms with van der Waals surface area (Å²) >= 11 is 0. The summed E-state index contributed by atoms with van der Waals surface area (Å²) in [6.07, 6.45) is 0.